The van der Waals surface area contributed by atoms with Crippen LogP contribution in [-0.2, 0) is 11.3 Å². The first-order valence-electron chi connectivity index (χ1n) is 9.34. The maximum atomic E-state index is 13.0. The minimum atomic E-state index is -0.815. The molecule has 1 heterocycles. The van der Waals surface area contributed by atoms with E-state index in [4.69, 9.17) is 5.11 Å². The Balaban J connectivity index is 1.52. The first-order chi connectivity index (χ1) is 13.9. The van der Waals surface area contributed by atoms with E-state index in [1.165, 1.54) is 24.3 Å². The van der Waals surface area contributed by atoms with Crippen LogP contribution in [0.3, 0.4) is 0 Å². The van der Waals surface area contributed by atoms with E-state index in [1.54, 1.807) is 23.1 Å². The molecule has 0 unspecified atom stereocenters. The van der Waals surface area contributed by atoms with Crippen molar-refractivity contribution in [2.75, 3.05) is 18.4 Å². The summed E-state index contributed by atoms with van der Waals surface area (Å²) in [6.07, 6.45) is 0.904. The number of hydrogen-bond acceptors (Lipinski definition) is 3. The van der Waals surface area contributed by atoms with Crippen molar-refractivity contribution in [1.82, 2.24) is 10.2 Å². The highest BCUT2D eigenvalue weighted by Gasteiger charge is 2.26. The number of anilines is 1. The summed E-state index contributed by atoms with van der Waals surface area (Å²) >= 11 is 0. The summed E-state index contributed by atoms with van der Waals surface area (Å²) in [6, 6.07) is 12.1. The Morgan fingerprint density at radius 2 is 1.76 bits per heavy atom. The first kappa shape index (κ1) is 20.3. The molecule has 2 aromatic rings. The van der Waals surface area contributed by atoms with Crippen LogP contribution in [0.2, 0.25) is 0 Å². The summed E-state index contributed by atoms with van der Waals surface area (Å²) < 4.78 is 13.0. The minimum absolute atomic E-state index is 0.241. The van der Waals surface area contributed by atoms with Crippen molar-refractivity contribution in [3.05, 3.63) is 65.5 Å². The molecule has 152 valence electrons. The number of benzene rings is 2. The molecule has 2 aromatic carbocycles. The van der Waals surface area contributed by atoms with E-state index in [2.05, 4.69) is 10.6 Å². The molecule has 3 rings (SSSR count). The van der Waals surface area contributed by atoms with Gasteiger partial charge in [0.15, 0.2) is 0 Å². The second-order valence-electron chi connectivity index (χ2n) is 6.92. The highest BCUT2D eigenvalue weighted by atomic mass is 19.1. The zero-order valence-corrected chi connectivity index (χ0v) is 15.7. The van der Waals surface area contributed by atoms with Gasteiger partial charge in [-0.05, 0) is 54.8 Å². The van der Waals surface area contributed by atoms with Crippen molar-refractivity contribution in [2.45, 2.75) is 19.4 Å². The number of amides is 3. The predicted molar refractivity (Wildman–Crippen MR) is 105 cm³/mol. The van der Waals surface area contributed by atoms with Gasteiger partial charge in [0.1, 0.15) is 5.82 Å². The van der Waals surface area contributed by atoms with Crippen LogP contribution in [0.4, 0.5) is 14.9 Å². The highest BCUT2D eigenvalue weighted by Crippen LogP contribution is 2.17. The van der Waals surface area contributed by atoms with E-state index in [-0.39, 0.29) is 24.4 Å². The van der Waals surface area contributed by atoms with Gasteiger partial charge in [0, 0.05) is 30.9 Å². The Labute approximate surface area is 167 Å². The zero-order chi connectivity index (χ0) is 20.8. The number of nitrogens with one attached hydrogen (secondary N) is 2. The van der Waals surface area contributed by atoms with Crippen LogP contribution in [0.15, 0.2) is 48.5 Å². The molecular formula is C21H22FN3O4. The van der Waals surface area contributed by atoms with E-state index in [0.717, 1.165) is 5.56 Å². The highest BCUT2D eigenvalue weighted by molar-refractivity contribution is 6.04. The average molecular weight is 399 g/mol. The van der Waals surface area contributed by atoms with Crippen LogP contribution in [0.25, 0.3) is 0 Å². The topological polar surface area (TPSA) is 98.7 Å². The normalized spacial score (nSPS) is 14.3. The van der Waals surface area contributed by atoms with Crippen LogP contribution in [0, 0.1) is 11.7 Å². The molecular weight excluding hydrogens is 377 g/mol. The molecule has 0 bridgehead atoms. The first-order valence-corrected chi connectivity index (χ1v) is 9.34. The van der Waals surface area contributed by atoms with Crippen LogP contribution in [-0.4, -0.2) is 41.0 Å². The number of rotatable bonds is 5. The summed E-state index contributed by atoms with van der Waals surface area (Å²) in [5, 5.41) is 14.6. The van der Waals surface area contributed by atoms with Crippen molar-refractivity contribution in [1.29, 1.82) is 0 Å². The fraction of sp³-hybridized carbons (Fsp3) is 0.286. The fourth-order valence-electron chi connectivity index (χ4n) is 3.18. The minimum Gasteiger partial charge on any atom is -0.481 e. The number of carboxylic acids is 1. The molecule has 0 spiro atoms. The van der Waals surface area contributed by atoms with Crippen molar-refractivity contribution in [2.24, 2.45) is 5.92 Å². The Morgan fingerprint density at radius 1 is 1.07 bits per heavy atom. The molecule has 8 heteroatoms. The maximum Gasteiger partial charge on any atom is 0.317 e. The van der Waals surface area contributed by atoms with Gasteiger partial charge in [-0.3, -0.25) is 9.59 Å². The number of aliphatic carboxylic acids is 1. The lowest BCUT2D eigenvalue weighted by molar-refractivity contribution is -0.143. The van der Waals surface area contributed by atoms with Gasteiger partial charge in [0.2, 0.25) is 0 Å². The molecule has 7 nitrogen and oxygen atoms in total. The Bertz CT molecular complexity index is 893. The van der Waals surface area contributed by atoms with Gasteiger partial charge in [0.25, 0.3) is 5.91 Å². The van der Waals surface area contributed by atoms with Crippen molar-refractivity contribution in [3.63, 3.8) is 0 Å². The standard InChI is InChI=1S/C21H22FN3O4/c22-17-6-4-15(5-7-17)19(26)24-18-3-1-2-14(12-18)13-23-21(29)25-10-8-16(9-11-25)20(27)28/h1-7,12,16H,8-11,13H2,(H,23,29)(H,24,26)(H,27,28). The molecule has 3 amide bonds. The predicted octanol–water partition coefficient (Wildman–Crippen LogP) is 3.08. The molecule has 3 N–H and O–H groups in total. The number of likely N-dealkylation sites (tertiary alicyclic amines) is 1. The van der Waals surface area contributed by atoms with Crippen LogP contribution >= 0.6 is 0 Å². The number of hydrogen-bond donors (Lipinski definition) is 3. The van der Waals surface area contributed by atoms with Gasteiger partial charge in [-0.1, -0.05) is 12.1 Å². The second kappa shape index (κ2) is 9.18. The summed E-state index contributed by atoms with van der Waals surface area (Å²) in [4.78, 5) is 37.1. The summed E-state index contributed by atoms with van der Waals surface area (Å²) in [7, 11) is 0. The third kappa shape index (κ3) is 5.54. The number of carbonyl (C=O) groups is 3. The van der Waals surface area contributed by atoms with Crippen molar-refractivity contribution >= 4 is 23.6 Å². The number of carbonyl (C=O) groups excluding carboxylic acids is 2. The number of nitrogens with zero attached hydrogens (tertiary/aromatic N) is 1. The number of carboxylic acid groups (broad SMARTS) is 1. The van der Waals surface area contributed by atoms with Crippen LogP contribution < -0.4 is 10.6 Å². The maximum absolute atomic E-state index is 13.0. The lowest BCUT2D eigenvalue weighted by Gasteiger charge is -2.30. The average Bonchev–Trinajstić information content (AvgIpc) is 2.73. The molecule has 1 saturated heterocycles. The zero-order valence-electron chi connectivity index (χ0n) is 15.7. The van der Waals surface area contributed by atoms with E-state index in [1.807, 2.05) is 6.07 Å². The SMILES string of the molecule is O=C(Nc1cccc(CNC(=O)N2CCC(C(=O)O)CC2)c1)c1ccc(F)cc1. The Kier molecular flexibility index (Phi) is 6.43. The smallest absolute Gasteiger partial charge is 0.317 e. The van der Waals surface area contributed by atoms with Crippen molar-refractivity contribution in [3.8, 4) is 0 Å². The molecule has 0 aliphatic carbocycles. The van der Waals surface area contributed by atoms with E-state index in [0.29, 0.717) is 37.2 Å². The largest absolute Gasteiger partial charge is 0.481 e. The number of piperidine rings is 1. The Morgan fingerprint density at radius 3 is 2.41 bits per heavy atom. The molecule has 1 aliphatic heterocycles. The quantitative estimate of drug-likeness (QED) is 0.720. The van der Waals surface area contributed by atoms with Crippen molar-refractivity contribution < 1.29 is 23.9 Å². The molecule has 0 atom stereocenters. The molecule has 1 aliphatic rings. The van der Waals surface area contributed by atoms with Crippen LogP contribution in [0.1, 0.15) is 28.8 Å². The second-order valence-corrected chi connectivity index (χ2v) is 6.92. The van der Waals surface area contributed by atoms with Crippen LogP contribution in [0.5, 0.6) is 0 Å². The van der Waals surface area contributed by atoms with Gasteiger partial charge in [-0.25, -0.2) is 9.18 Å². The number of urea groups is 1. The van der Waals surface area contributed by atoms with E-state index in [9.17, 15) is 18.8 Å². The van der Waals surface area contributed by atoms with Gasteiger partial charge in [-0.15, -0.1) is 0 Å². The number of halogens is 1. The Hall–Kier alpha value is -3.42. The molecule has 0 aromatic heterocycles. The molecule has 0 radical (unpaired) electrons. The monoisotopic (exact) mass is 399 g/mol. The summed E-state index contributed by atoms with van der Waals surface area (Å²) in [5.41, 5.74) is 1.71. The summed E-state index contributed by atoms with van der Waals surface area (Å²) in [5.74, 6) is -1.97. The third-order valence-corrected chi connectivity index (χ3v) is 4.87. The molecule has 0 saturated carbocycles. The molecule has 1 fully saturated rings. The fourth-order valence-corrected chi connectivity index (χ4v) is 3.18. The van der Waals surface area contributed by atoms with E-state index >= 15 is 0 Å². The lowest BCUT2D eigenvalue weighted by atomic mass is 9.97. The van der Waals surface area contributed by atoms with Gasteiger partial charge >= 0.3 is 12.0 Å². The van der Waals surface area contributed by atoms with Gasteiger partial charge in [-0.2, -0.15) is 0 Å². The third-order valence-electron chi connectivity index (χ3n) is 4.87. The summed E-state index contributed by atoms with van der Waals surface area (Å²) in [6.45, 7) is 1.10. The van der Waals surface area contributed by atoms with E-state index < -0.39 is 11.8 Å². The molecule has 29 heavy (non-hydrogen) atoms. The van der Waals surface area contributed by atoms with Gasteiger partial charge < -0.3 is 20.6 Å². The van der Waals surface area contributed by atoms with Gasteiger partial charge in [0.05, 0.1) is 5.92 Å². The lowest BCUT2D eigenvalue weighted by Crippen LogP contribution is -2.45.